The molecule has 0 aromatic heterocycles. The summed E-state index contributed by atoms with van der Waals surface area (Å²) in [6, 6.07) is 9.69. The van der Waals surface area contributed by atoms with Crippen LogP contribution >= 0.6 is 8.60 Å². The minimum absolute atomic E-state index is 0.0121. The van der Waals surface area contributed by atoms with Crippen LogP contribution in [0.15, 0.2) is 30.3 Å². The van der Waals surface area contributed by atoms with E-state index in [2.05, 4.69) is 0 Å². The molecular weight excluding hydrogens is 199 g/mol. The lowest BCUT2D eigenvalue weighted by atomic mass is 10.2. The highest BCUT2D eigenvalue weighted by molar-refractivity contribution is 7.40. The van der Waals surface area contributed by atoms with Gasteiger partial charge in [0.1, 0.15) is 0 Å². The Bertz CT molecular complexity index is 251. The molecule has 1 atom stereocenters. The second-order valence-electron chi connectivity index (χ2n) is 3.15. The first-order valence-corrected chi connectivity index (χ1v) is 5.64. The van der Waals surface area contributed by atoms with Crippen LogP contribution in [0.4, 0.5) is 0 Å². The van der Waals surface area contributed by atoms with Crippen molar-refractivity contribution in [2.45, 2.75) is 26.6 Å². The first-order chi connectivity index (χ1) is 6.68. The summed E-state index contributed by atoms with van der Waals surface area (Å²) >= 11 is 0. The van der Waals surface area contributed by atoms with Crippen molar-refractivity contribution in [1.29, 1.82) is 0 Å². The molecule has 0 fully saturated rings. The fourth-order valence-corrected chi connectivity index (χ4v) is 1.60. The lowest BCUT2D eigenvalue weighted by Gasteiger charge is -2.12. The van der Waals surface area contributed by atoms with Crippen molar-refractivity contribution in [3.05, 3.63) is 35.9 Å². The summed E-state index contributed by atoms with van der Waals surface area (Å²) in [5.41, 5.74) is 1.03. The summed E-state index contributed by atoms with van der Waals surface area (Å²) in [6.45, 7) is 4.10. The van der Waals surface area contributed by atoms with Crippen LogP contribution in [0.2, 0.25) is 0 Å². The van der Waals surface area contributed by atoms with Gasteiger partial charge in [0.15, 0.2) is 0 Å². The van der Waals surface area contributed by atoms with Gasteiger partial charge in [-0.2, -0.15) is 0 Å². The summed E-state index contributed by atoms with van der Waals surface area (Å²) in [7, 11) is -1.74. The van der Waals surface area contributed by atoms with Crippen LogP contribution in [0.3, 0.4) is 0 Å². The minimum atomic E-state index is -1.74. The molecule has 0 heterocycles. The second-order valence-corrected chi connectivity index (χ2v) is 4.10. The fraction of sp³-hybridized carbons (Fsp3) is 0.400. The molecule has 0 saturated heterocycles. The Morgan fingerprint density at radius 3 is 2.50 bits per heavy atom. The summed E-state index contributed by atoms with van der Waals surface area (Å²) in [5, 5.41) is 0. The molecule has 0 aliphatic heterocycles. The van der Waals surface area contributed by atoms with Gasteiger partial charge in [-0.3, -0.25) is 0 Å². The fourth-order valence-electron chi connectivity index (χ4n) is 0.915. The highest BCUT2D eigenvalue weighted by Crippen LogP contribution is 2.35. The van der Waals surface area contributed by atoms with Gasteiger partial charge in [-0.25, -0.2) is 0 Å². The molecule has 0 amide bonds. The molecule has 1 unspecified atom stereocenters. The molecular formula is C10H15O3P. The molecule has 3 nitrogen and oxygen atoms in total. The molecule has 78 valence electrons. The standard InChI is InChI=1S/C10H15O3P/c1-9(2)13-14(11)12-8-10-6-4-3-5-7-10/h3-7,9,11H,8H2,1-2H3. The monoisotopic (exact) mass is 214 g/mol. The predicted octanol–water partition coefficient (Wildman–Crippen LogP) is 2.85. The molecule has 0 radical (unpaired) electrons. The van der Waals surface area contributed by atoms with E-state index in [0.29, 0.717) is 6.61 Å². The number of rotatable bonds is 5. The van der Waals surface area contributed by atoms with E-state index in [1.807, 2.05) is 44.2 Å². The zero-order chi connectivity index (χ0) is 10.4. The zero-order valence-electron chi connectivity index (χ0n) is 8.38. The first-order valence-electron chi connectivity index (χ1n) is 4.51. The van der Waals surface area contributed by atoms with Gasteiger partial charge in [0.2, 0.25) is 0 Å². The van der Waals surface area contributed by atoms with Gasteiger partial charge in [-0.05, 0) is 19.4 Å². The van der Waals surface area contributed by atoms with Crippen LogP contribution in [-0.2, 0) is 15.7 Å². The highest BCUT2D eigenvalue weighted by Gasteiger charge is 2.08. The topological polar surface area (TPSA) is 38.7 Å². The summed E-state index contributed by atoms with van der Waals surface area (Å²) < 4.78 is 10.2. The van der Waals surface area contributed by atoms with Gasteiger partial charge in [0.05, 0.1) is 12.7 Å². The zero-order valence-corrected chi connectivity index (χ0v) is 9.28. The third-order valence-corrected chi connectivity index (χ3v) is 2.44. The maximum absolute atomic E-state index is 9.30. The number of hydrogen-bond donors (Lipinski definition) is 1. The van der Waals surface area contributed by atoms with Crippen molar-refractivity contribution in [3.8, 4) is 0 Å². The van der Waals surface area contributed by atoms with E-state index in [1.54, 1.807) is 0 Å². The van der Waals surface area contributed by atoms with Crippen molar-refractivity contribution in [3.63, 3.8) is 0 Å². The van der Waals surface area contributed by atoms with Crippen LogP contribution in [0.1, 0.15) is 19.4 Å². The van der Waals surface area contributed by atoms with Crippen molar-refractivity contribution >= 4 is 8.60 Å². The largest absolute Gasteiger partial charge is 0.330 e. The van der Waals surface area contributed by atoms with E-state index in [-0.39, 0.29) is 6.10 Å². The summed E-state index contributed by atoms with van der Waals surface area (Å²) in [4.78, 5) is 9.30. The quantitative estimate of drug-likeness (QED) is 0.766. The van der Waals surface area contributed by atoms with E-state index < -0.39 is 8.60 Å². The molecule has 0 aliphatic carbocycles. The lowest BCUT2D eigenvalue weighted by Crippen LogP contribution is -1.99. The third kappa shape index (κ3) is 4.68. The average molecular weight is 214 g/mol. The van der Waals surface area contributed by atoms with Gasteiger partial charge in [-0.15, -0.1) is 0 Å². The molecule has 1 aromatic rings. The lowest BCUT2D eigenvalue weighted by molar-refractivity contribution is 0.160. The maximum atomic E-state index is 9.30. The predicted molar refractivity (Wildman–Crippen MR) is 56.6 cm³/mol. The Morgan fingerprint density at radius 2 is 1.93 bits per heavy atom. The van der Waals surface area contributed by atoms with Gasteiger partial charge >= 0.3 is 8.60 Å². The van der Waals surface area contributed by atoms with E-state index in [9.17, 15) is 4.89 Å². The summed E-state index contributed by atoms with van der Waals surface area (Å²) in [5.74, 6) is 0. The van der Waals surface area contributed by atoms with E-state index in [1.165, 1.54) is 0 Å². The molecule has 0 saturated carbocycles. The Balaban J connectivity index is 2.27. The minimum Gasteiger partial charge on any atom is -0.328 e. The van der Waals surface area contributed by atoms with Crippen LogP contribution in [-0.4, -0.2) is 11.0 Å². The van der Waals surface area contributed by atoms with E-state index >= 15 is 0 Å². The molecule has 0 aliphatic rings. The molecule has 0 bridgehead atoms. The van der Waals surface area contributed by atoms with E-state index in [4.69, 9.17) is 9.05 Å². The smallest absolute Gasteiger partial charge is 0.328 e. The van der Waals surface area contributed by atoms with E-state index in [0.717, 1.165) is 5.56 Å². The molecule has 1 aromatic carbocycles. The van der Waals surface area contributed by atoms with Crippen LogP contribution in [0.25, 0.3) is 0 Å². The Morgan fingerprint density at radius 1 is 1.29 bits per heavy atom. The van der Waals surface area contributed by atoms with Crippen LogP contribution in [0.5, 0.6) is 0 Å². The van der Waals surface area contributed by atoms with Gasteiger partial charge in [0.25, 0.3) is 0 Å². The Hall–Kier alpha value is -0.470. The average Bonchev–Trinajstić information content (AvgIpc) is 2.15. The highest BCUT2D eigenvalue weighted by atomic mass is 31.2. The van der Waals surface area contributed by atoms with Crippen LogP contribution < -0.4 is 0 Å². The SMILES string of the molecule is CC(C)OP(O)OCc1ccccc1. The number of hydrogen-bond acceptors (Lipinski definition) is 3. The Kier molecular flexibility index (Phi) is 5.05. The molecule has 1 N–H and O–H groups in total. The van der Waals surface area contributed by atoms with Crippen molar-refractivity contribution in [1.82, 2.24) is 0 Å². The maximum Gasteiger partial charge on any atom is 0.330 e. The normalized spacial score (nSPS) is 13.1. The van der Waals surface area contributed by atoms with Crippen molar-refractivity contribution in [2.75, 3.05) is 0 Å². The number of benzene rings is 1. The second kappa shape index (κ2) is 6.10. The summed E-state index contributed by atoms with van der Waals surface area (Å²) in [6.07, 6.45) is -0.0121. The van der Waals surface area contributed by atoms with Crippen molar-refractivity contribution in [2.24, 2.45) is 0 Å². The molecule has 4 heteroatoms. The third-order valence-electron chi connectivity index (χ3n) is 1.49. The Labute approximate surface area is 85.7 Å². The first kappa shape index (κ1) is 11.6. The van der Waals surface area contributed by atoms with Gasteiger partial charge < -0.3 is 13.9 Å². The van der Waals surface area contributed by atoms with Gasteiger partial charge in [-0.1, -0.05) is 30.3 Å². The van der Waals surface area contributed by atoms with Crippen LogP contribution in [0, 0.1) is 0 Å². The van der Waals surface area contributed by atoms with Crippen molar-refractivity contribution < 1.29 is 13.9 Å². The molecule has 0 spiro atoms. The van der Waals surface area contributed by atoms with Gasteiger partial charge in [0, 0.05) is 0 Å². The molecule has 14 heavy (non-hydrogen) atoms. The molecule has 1 rings (SSSR count).